The Bertz CT molecular complexity index is 710. The summed E-state index contributed by atoms with van der Waals surface area (Å²) in [6.45, 7) is 7.66. The van der Waals surface area contributed by atoms with Gasteiger partial charge in [0, 0.05) is 12.0 Å². The molecule has 1 aliphatic rings. The summed E-state index contributed by atoms with van der Waals surface area (Å²) < 4.78 is 29.6. The highest BCUT2D eigenvalue weighted by molar-refractivity contribution is 7.54. The number of hydrogen-bond acceptors (Lipinski definition) is 6. The maximum Gasteiger partial charge on any atom is 0.357 e. The number of amides is 1. The highest BCUT2D eigenvalue weighted by atomic mass is 31.2. The summed E-state index contributed by atoms with van der Waals surface area (Å²) >= 11 is 0. The summed E-state index contributed by atoms with van der Waals surface area (Å²) in [5, 5.41) is 0. The summed E-state index contributed by atoms with van der Waals surface area (Å²) in [4.78, 5) is 26.9. The van der Waals surface area contributed by atoms with Crippen LogP contribution in [0.5, 0.6) is 0 Å². The van der Waals surface area contributed by atoms with E-state index in [0.717, 1.165) is 0 Å². The van der Waals surface area contributed by atoms with Gasteiger partial charge in [0.1, 0.15) is 5.92 Å². The zero-order chi connectivity index (χ0) is 20.2. The average molecular weight is 397 g/mol. The topological polar surface area (TPSA) is 82.1 Å². The Morgan fingerprint density at radius 3 is 2.26 bits per heavy atom. The van der Waals surface area contributed by atoms with Crippen LogP contribution in [-0.2, 0) is 27.9 Å². The predicted octanol–water partition coefficient (Wildman–Crippen LogP) is 3.61. The van der Waals surface area contributed by atoms with Gasteiger partial charge in [-0.1, -0.05) is 44.2 Å². The Kier molecular flexibility index (Phi) is 6.84. The molecule has 1 aromatic rings. The molecule has 0 N–H and O–H groups in total. The summed E-state index contributed by atoms with van der Waals surface area (Å²) in [6.07, 6.45) is 0. The highest BCUT2D eigenvalue weighted by Crippen LogP contribution is 2.64. The fourth-order valence-corrected chi connectivity index (χ4v) is 5.70. The number of carbonyl (C=O) groups excluding carboxylic acids is 2. The lowest BCUT2D eigenvalue weighted by molar-refractivity contribution is -0.153. The number of nitrogens with zero attached hydrogens (tertiary/aromatic N) is 1. The molecule has 1 fully saturated rings. The molecule has 0 aromatic heterocycles. The van der Waals surface area contributed by atoms with Crippen LogP contribution in [0.4, 0.5) is 0 Å². The second-order valence-electron chi connectivity index (χ2n) is 7.07. The first kappa shape index (κ1) is 21.6. The van der Waals surface area contributed by atoms with Gasteiger partial charge in [-0.25, -0.2) is 0 Å². The van der Waals surface area contributed by atoms with Gasteiger partial charge in [-0.2, -0.15) is 0 Å². The van der Waals surface area contributed by atoms with Crippen molar-refractivity contribution in [2.45, 2.75) is 33.5 Å². The van der Waals surface area contributed by atoms with Crippen LogP contribution in [0.25, 0.3) is 0 Å². The van der Waals surface area contributed by atoms with E-state index >= 15 is 0 Å². The van der Waals surface area contributed by atoms with E-state index in [2.05, 4.69) is 0 Å². The smallest absolute Gasteiger partial charge is 0.357 e. The Morgan fingerprint density at radius 2 is 1.78 bits per heavy atom. The summed E-state index contributed by atoms with van der Waals surface area (Å²) in [5.74, 6) is -2.92. The second kappa shape index (κ2) is 8.55. The fourth-order valence-electron chi connectivity index (χ4n) is 3.55. The molecule has 0 spiro atoms. The zero-order valence-corrected chi connectivity index (χ0v) is 17.4. The van der Waals surface area contributed by atoms with Crippen molar-refractivity contribution in [3.8, 4) is 0 Å². The van der Waals surface area contributed by atoms with Gasteiger partial charge in [-0.05, 0) is 19.4 Å². The van der Waals surface area contributed by atoms with Gasteiger partial charge in [-0.15, -0.1) is 0 Å². The molecule has 0 aliphatic carbocycles. The third-order valence-corrected chi connectivity index (χ3v) is 7.05. The van der Waals surface area contributed by atoms with Crippen molar-refractivity contribution in [3.63, 3.8) is 0 Å². The first-order valence-electron chi connectivity index (χ1n) is 9.04. The molecular formula is C19H28NO6P. The fraction of sp³-hybridized carbons (Fsp3) is 0.579. The normalized spacial score (nSPS) is 20.6. The molecular weight excluding hydrogens is 369 g/mol. The maximum atomic E-state index is 13.6. The number of benzene rings is 1. The Morgan fingerprint density at radius 1 is 1.22 bits per heavy atom. The van der Waals surface area contributed by atoms with Crippen LogP contribution in [0.15, 0.2) is 30.3 Å². The molecule has 1 amide bonds. The number of esters is 1. The molecule has 2 rings (SSSR count). The average Bonchev–Trinajstić information content (AvgIpc) is 2.84. The lowest BCUT2D eigenvalue weighted by Gasteiger charge is -2.34. The lowest BCUT2D eigenvalue weighted by atomic mass is 9.82. The van der Waals surface area contributed by atoms with Crippen molar-refractivity contribution in [1.82, 2.24) is 4.90 Å². The predicted molar refractivity (Wildman–Crippen MR) is 101 cm³/mol. The molecule has 1 saturated heterocycles. The van der Waals surface area contributed by atoms with Crippen LogP contribution in [0, 0.1) is 11.3 Å². The number of carbonyl (C=O) groups is 2. The van der Waals surface area contributed by atoms with Crippen molar-refractivity contribution in [2.75, 3.05) is 26.9 Å². The third-order valence-electron chi connectivity index (χ3n) is 4.64. The number of methoxy groups -OCH3 is 1. The van der Waals surface area contributed by atoms with Gasteiger partial charge in [0.15, 0.2) is 5.78 Å². The first-order valence-corrected chi connectivity index (χ1v) is 10.6. The lowest BCUT2D eigenvalue weighted by Crippen LogP contribution is -2.35. The van der Waals surface area contributed by atoms with E-state index in [9.17, 15) is 14.2 Å². The van der Waals surface area contributed by atoms with Crippen LogP contribution < -0.4 is 0 Å². The number of rotatable bonds is 8. The Balaban J connectivity index is 2.56. The molecule has 8 heteroatoms. The monoisotopic (exact) mass is 397 g/mol. The number of likely N-dealkylation sites (tertiary alicyclic amines) is 1. The third kappa shape index (κ3) is 4.26. The number of ether oxygens (including phenoxy) is 1. The summed E-state index contributed by atoms with van der Waals surface area (Å²) in [6, 6.07) is 8.99. The van der Waals surface area contributed by atoms with E-state index in [4.69, 9.17) is 13.8 Å². The van der Waals surface area contributed by atoms with E-state index in [-0.39, 0.29) is 19.8 Å². The van der Waals surface area contributed by atoms with E-state index in [1.165, 1.54) is 12.0 Å². The van der Waals surface area contributed by atoms with Crippen LogP contribution in [0.3, 0.4) is 0 Å². The largest absolute Gasteiger partial charge is 0.468 e. The minimum atomic E-state index is -3.71. The van der Waals surface area contributed by atoms with Gasteiger partial charge in [0.25, 0.3) is 0 Å². The van der Waals surface area contributed by atoms with E-state index in [1.807, 2.05) is 19.9 Å². The second-order valence-corrected chi connectivity index (χ2v) is 9.16. The van der Waals surface area contributed by atoms with Crippen molar-refractivity contribution in [2.24, 2.45) is 11.3 Å². The molecule has 27 heavy (non-hydrogen) atoms. The van der Waals surface area contributed by atoms with Gasteiger partial charge in [0.05, 0.1) is 20.3 Å². The van der Waals surface area contributed by atoms with E-state index in [1.54, 1.807) is 38.1 Å². The molecule has 0 bridgehead atoms. The van der Waals surface area contributed by atoms with Gasteiger partial charge >= 0.3 is 13.6 Å². The zero-order valence-electron chi connectivity index (χ0n) is 16.5. The Hall–Kier alpha value is -1.69. The standard InChI is InChI=1S/C19H28NO6P/c1-6-25-27(23,26-7-2)17(14-11-9-8-10-12-14)20-13-19(3,4)15(16(20)21)18(22)24-5/h8-12,15,17H,6-7,13H2,1-5H3. The van der Waals surface area contributed by atoms with Gasteiger partial charge in [0.2, 0.25) is 5.91 Å². The van der Waals surface area contributed by atoms with Crippen LogP contribution in [-0.4, -0.2) is 43.6 Å². The molecule has 7 nitrogen and oxygen atoms in total. The number of hydrogen-bond donors (Lipinski definition) is 0. The van der Waals surface area contributed by atoms with Gasteiger partial charge < -0.3 is 18.7 Å². The van der Waals surface area contributed by atoms with Crippen molar-refractivity contribution >= 4 is 19.5 Å². The Labute approximate surface area is 160 Å². The van der Waals surface area contributed by atoms with Crippen LogP contribution in [0.2, 0.25) is 0 Å². The molecule has 150 valence electrons. The molecule has 1 heterocycles. The van der Waals surface area contributed by atoms with E-state index < -0.39 is 36.6 Å². The highest BCUT2D eigenvalue weighted by Gasteiger charge is 2.56. The SMILES string of the molecule is CCOP(=O)(OCC)C(c1ccccc1)N1CC(C)(C)C(C(=O)OC)C1=O. The molecule has 0 radical (unpaired) electrons. The van der Waals surface area contributed by atoms with Crippen LogP contribution >= 0.6 is 7.60 Å². The van der Waals surface area contributed by atoms with Gasteiger partial charge in [-0.3, -0.25) is 14.2 Å². The van der Waals surface area contributed by atoms with Crippen molar-refractivity contribution < 1.29 is 27.9 Å². The molecule has 2 unspecified atom stereocenters. The van der Waals surface area contributed by atoms with Crippen LogP contribution in [0.1, 0.15) is 39.0 Å². The van der Waals surface area contributed by atoms with Crippen molar-refractivity contribution in [3.05, 3.63) is 35.9 Å². The molecule has 0 saturated carbocycles. The summed E-state index contributed by atoms with van der Waals surface area (Å²) in [5.41, 5.74) is -0.0436. The molecule has 1 aliphatic heterocycles. The van der Waals surface area contributed by atoms with Crippen molar-refractivity contribution in [1.29, 1.82) is 0 Å². The maximum absolute atomic E-state index is 13.6. The summed E-state index contributed by atoms with van der Waals surface area (Å²) in [7, 11) is -2.45. The minimum Gasteiger partial charge on any atom is -0.468 e. The quantitative estimate of drug-likeness (QED) is 0.379. The molecule has 2 atom stereocenters. The minimum absolute atomic E-state index is 0.173. The van der Waals surface area contributed by atoms with E-state index in [0.29, 0.717) is 5.56 Å². The first-order chi connectivity index (χ1) is 12.7. The molecule has 1 aromatic carbocycles.